The molecule has 0 aromatic heterocycles. The zero-order valence-corrected chi connectivity index (χ0v) is 29.1. The van der Waals surface area contributed by atoms with Crippen molar-refractivity contribution >= 4 is 0 Å². The average molecular weight is 604 g/mol. The fraction of sp³-hybridized carbons (Fsp3) is 1.00. The first-order valence-corrected chi connectivity index (χ1v) is 19.2. The van der Waals surface area contributed by atoms with Crippen molar-refractivity contribution < 1.29 is 9.47 Å². The molecule has 0 aromatic carbocycles. The van der Waals surface area contributed by atoms with E-state index in [2.05, 4.69) is 33.0 Å². The van der Waals surface area contributed by atoms with Gasteiger partial charge in [-0.15, -0.1) is 0 Å². The van der Waals surface area contributed by atoms with Crippen LogP contribution in [-0.2, 0) is 9.47 Å². The molecular weight excluding hydrogens is 530 g/mol. The Labute approximate surface area is 267 Å². The predicted octanol–water partition coefficient (Wildman–Crippen LogP) is 8.09. The molecule has 4 aliphatic rings. The van der Waals surface area contributed by atoms with Crippen molar-refractivity contribution in [2.24, 2.45) is 57.8 Å². The van der Waals surface area contributed by atoms with Gasteiger partial charge in [-0.1, -0.05) is 59.8 Å². The minimum Gasteiger partial charge on any atom is -0.378 e. The second kappa shape index (κ2) is 17.6. The third-order valence-electron chi connectivity index (χ3n) is 13.5. The van der Waals surface area contributed by atoms with Crippen molar-refractivity contribution in [3.63, 3.8) is 0 Å². The lowest BCUT2D eigenvalue weighted by molar-refractivity contribution is -0.192. The van der Waals surface area contributed by atoms with Gasteiger partial charge in [0.2, 0.25) is 0 Å². The van der Waals surface area contributed by atoms with Crippen LogP contribution in [0.4, 0.5) is 0 Å². The largest absolute Gasteiger partial charge is 0.378 e. The minimum absolute atomic E-state index is 0.312. The molecule has 5 nitrogen and oxygen atoms in total. The van der Waals surface area contributed by atoms with Gasteiger partial charge >= 0.3 is 0 Å². The predicted molar refractivity (Wildman–Crippen MR) is 182 cm³/mol. The van der Waals surface area contributed by atoms with Gasteiger partial charge in [0.15, 0.2) is 0 Å². The summed E-state index contributed by atoms with van der Waals surface area (Å²) in [5, 5.41) is 3.77. The van der Waals surface area contributed by atoms with Crippen LogP contribution in [0.25, 0.3) is 0 Å². The number of hydrogen-bond acceptors (Lipinski definition) is 5. The fourth-order valence-corrected chi connectivity index (χ4v) is 11.1. The number of nitrogens with two attached hydrogens (primary N) is 2. The Morgan fingerprint density at radius 1 is 0.767 bits per heavy atom. The molecule has 5 heteroatoms. The summed E-state index contributed by atoms with van der Waals surface area (Å²) in [4.78, 5) is 0. The Morgan fingerprint density at radius 3 is 2.26 bits per heavy atom. The van der Waals surface area contributed by atoms with Crippen molar-refractivity contribution in [2.75, 3.05) is 39.4 Å². The van der Waals surface area contributed by atoms with E-state index in [1.165, 1.54) is 116 Å². The van der Waals surface area contributed by atoms with E-state index in [4.69, 9.17) is 20.9 Å². The number of rotatable bonds is 20. The summed E-state index contributed by atoms with van der Waals surface area (Å²) >= 11 is 0. The van der Waals surface area contributed by atoms with E-state index in [1.807, 2.05) is 0 Å². The van der Waals surface area contributed by atoms with E-state index in [0.717, 1.165) is 74.7 Å². The van der Waals surface area contributed by atoms with E-state index in [0.29, 0.717) is 23.0 Å². The number of hydrogen-bond donors (Lipinski definition) is 3. The van der Waals surface area contributed by atoms with Gasteiger partial charge in [-0.05, 0) is 156 Å². The van der Waals surface area contributed by atoms with Crippen LogP contribution in [0.1, 0.15) is 143 Å². The van der Waals surface area contributed by atoms with Crippen molar-refractivity contribution in [1.29, 1.82) is 0 Å². The number of nitrogens with one attached hydrogen (secondary N) is 1. The summed E-state index contributed by atoms with van der Waals surface area (Å²) in [6.07, 6.45) is 24.5. The molecule has 5 N–H and O–H groups in total. The molecule has 4 rings (SSSR count). The van der Waals surface area contributed by atoms with Gasteiger partial charge in [0.1, 0.15) is 0 Å². The molecule has 10 atom stereocenters. The van der Waals surface area contributed by atoms with Crippen LogP contribution >= 0.6 is 0 Å². The van der Waals surface area contributed by atoms with Gasteiger partial charge in [0.25, 0.3) is 0 Å². The maximum absolute atomic E-state index is 6.96. The van der Waals surface area contributed by atoms with Gasteiger partial charge in [-0.2, -0.15) is 0 Å². The first-order valence-electron chi connectivity index (χ1n) is 19.2. The lowest BCUT2D eigenvalue weighted by Gasteiger charge is -2.63. The van der Waals surface area contributed by atoms with E-state index in [9.17, 15) is 0 Å². The summed E-state index contributed by atoms with van der Waals surface area (Å²) < 4.78 is 13.3. The molecule has 0 radical (unpaired) electrons. The lowest BCUT2D eigenvalue weighted by Crippen LogP contribution is -2.59. The summed E-state index contributed by atoms with van der Waals surface area (Å²) in [5.41, 5.74) is 12.4. The highest BCUT2D eigenvalue weighted by Gasteiger charge is 2.64. The van der Waals surface area contributed by atoms with Gasteiger partial charge in [0.05, 0.1) is 12.2 Å². The number of unbranched alkanes of at least 4 members (excludes halogenated alkanes) is 5. The molecule has 4 fully saturated rings. The maximum atomic E-state index is 6.96. The topological polar surface area (TPSA) is 82.5 Å². The molecule has 0 bridgehead atoms. The smallest absolute Gasteiger partial charge is 0.0637 e. The first kappa shape index (κ1) is 35.7. The summed E-state index contributed by atoms with van der Waals surface area (Å²) in [7, 11) is 0. The zero-order chi connectivity index (χ0) is 30.7. The molecular formula is C38H73N3O2. The number of fused-ring (bicyclic) bond motifs is 5. The second-order valence-electron chi connectivity index (χ2n) is 16.0. The van der Waals surface area contributed by atoms with E-state index in [1.54, 1.807) is 0 Å². The lowest BCUT2D eigenvalue weighted by atomic mass is 9.43. The van der Waals surface area contributed by atoms with Gasteiger partial charge in [0, 0.05) is 13.2 Å². The Balaban J connectivity index is 1.35. The summed E-state index contributed by atoms with van der Waals surface area (Å²) in [6.45, 7) is 15.8. The summed E-state index contributed by atoms with van der Waals surface area (Å²) in [5.74, 6) is 4.88. The molecule has 0 spiro atoms. The molecule has 0 saturated heterocycles. The highest BCUT2D eigenvalue weighted by atomic mass is 16.5. The highest BCUT2D eigenvalue weighted by molar-refractivity contribution is 5.13. The summed E-state index contributed by atoms with van der Waals surface area (Å²) in [6, 6.07) is 0. The van der Waals surface area contributed by atoms with Crippen LogP contribution in [0, 0.1) is 46.3 Å². The SMILES string of the molecule is CCCCCCCCNCCCC(C)C1CCC2C3CCC4C[C@H](OCCCN)CCC4(C)C3C[C@H](OCCCN)C12C. The van der Waals surface area contributed by atoms with E-state index in [-0.39, 0.29) is 0 Å². The van der Waals surface area contributed by atoms with Gasteiger partial charge in [-0.3, -0.25) is 0 Å². The fourth-order valence-electron chi connectivity index (χ4n) is 11.1. The van der Waals surface area contributed by atoms with Crippen LogP contribution in [-0.4, -0.2) is 51.6 Å². The Morgan fingerprint density at radius 2 is 1.49 bits per heavy atom. The Hall–Kier alpha value is -0.200. The third kappa shape index (κ3) is 8.59. The van der Waals surface area contributed by atoms with Crippen LogP contribution in [0.15, 0.2) is 0 Å². The molecule has 0 aromatic rings. The molecule has 8 unspecified atom stereocenters. The monoisotopic (exact) mass is 604 g/mol. The molecule has 4 aliphatic carbocycles. The van der Waals surface area contributed by atoms with Crippen molar-refractivity contribution in [3.8, 4) is 0 Å². The highest BCUT2D eigenvalue weighted by Crippen LogP contribution is 2.69. The zero-order valence-electron chi connectivity index (χ0n) is 29.1. The Bertz CT molecular complexity index is 780. The normalized spacial score (nSPS) is 38.0. The van der Waals surface area contributed by atoms with Crippen LogP contribution < -0.4 is 16.8 Å². The van der Waals surface area contributed by atoms with Crippen LogP contribution in [0.2, 0.25) is 0 Å². The molecule has 0 amide bonds. The van der Waals surface area contributed by atoms with E-state index < -0.39 is 0 Å². The third-order valence-corrected chi connectivity index (χ3v) is 13.5. The second-order valence-corrected chi connectivity index (χ2v) is 16.0. The first-order chi connectivity index (χ1) is 20.9. The van der Waals surface area contributed by atoms with Crippen molar-refractivity contribution in [2.45, 2.75) is 155 Å². The van der Waals surface area contributed by atoms with Crippen molar-refractivity contribution in [3.05, 3.63) is 0 Å². The van der Waals surface area contributed by atoms with Crippen LogP contribution in [0.3, 0.4) is 0 Å². The average Bonchev–Trinajstić information content (AvgIpc) is 3.37. The maximum Gasteiger partial charge on any atom is 0.0637 e. The number of ether oxygens (including phenoxy) is 2. The quantitative estimate of drug-likeness (QED) is 0.123. The standard InChI is InChI=1S/C38H73N3O2/c1-5-6-7-8-9-10-23-41-24-11-14-29(2)33-17-18-34-32-16-15-30-27-31(42-25-12-21-39)19-20-37(30,3)35(32)28-36(38(33,34)4)43-26-13-22-40/h29-36,41H,5-28,39-40H2,1-4H3/t29?,30?,31-,32?,33?,34?,35?,36+,37?,38?/m1/s1. The van der Waals surface area contributed by atoms with E-state index >= 15 is 0 Å². The molecule has 0 aliphatic heterocycles. The molecule has 43 heavy (non-hydrogen) atoms. The van der Waals surface area contributed by atoms with Gasteiger partial charge in [-0.25, -0.2) is 0 Å². The Kier molecular flexibility index (Phi) is 14.6. The minimum atomic E-state index is 0.312. The van der Waals surface area contributed by atoms with Crippen LogP contribution in [0.5, 0.6) is 0 Å². The van der Waals surface area contributed by atoms with Gasteiger partial charge < -0.3 is 26.3 Å². The molecule has 0 heterocycles. The molecule has 4 saturated carbocycles. The molecule has 252 valence electrons. The van der Waals surface area contributed by atoms with Crippen molar-refractivity contribution in [1.82, 2.24) is 5.32 Å².